The fourth-order valence-corrected chi connectivity index (χ4v) is 3.45. The highest BCUT2D eigenvalue weighted by atomic mass is 19.1. The van der Waals surface area contributed by atoms with Crippen LogP contribution in [0.15, 0.2) is 54.6 Å². The van der Waals surface area contributed by atoms with Gasteiger partial charge in [-0.25, -0.2) is 14.4 Å². The van der Waals surface area contributed by atoms with Crippen molar-refractivity contribution in [2.75, 3.05) is 6.54 Å². The molecule has 2 aromatic carbocycles. The Hall–Kier alpha value is -2.59. The van der Waals surface area contributed by atoms with E-state index in [-0.39, 0.29) is 11.2 Å². The Morgan fingerprint density at radius 2 is 1.69 bits per heavy atom. The number of nitrogens with zero attached hydrogens (tertiary/aromatic N) is 2. The van der Waals surface area contributed by atoms with Crippen LogP contribution in [0.2, 0.25) is 0 Å². The molecule has 0 spiro atoms. The lowest BCUT2D eigenvalue weighted by molar-refractivity contribution is 0.565. The molecule has 2 heterocycles. The molecule has 1 aliphatic heterocycles. The molecular weight excluding hydrogens is 325 g/mol. The smallest absolute Gasteiger partial charge is 0.139 e. The lowest BCUT2D eigenvalue weighted by Gasteiger charge is -2.27. The Kier molecular flexibility index (Phi) is 4.29. The standard InChI is InChI=1S/C22H22FN3/c1-22(2,16-6-4-3-5-7-16)21-25-19-12-13-24-14-18(19)20(26-21)15-8-10-17(23)11-9-15/h3-11,24H,12-14H2,1-2H3. The molecule has 0 atom stereocenters. The SMILES string of the molecule is CC(C)(c1ccccc1)c1nc2c(c(-c3ccc(F)cc3)n1)CNCC2. The average Bonchev–Trinajstić information content (AvgIpc) is 2.68. The van der Waals surface area contributed by atoms with Crippen LogP contribution in [-0.2, 0) is 18.4 Å². The fraction of sp³-hybridized carbons (Fsp3) is 0.273. The van der Waals surface area contributed by atoms with Crippen molar-refractivity contribution >= 4 is 0 Å². The Morgan fingerprint density at radius 3 is 2.42 bits per heavy atom. The summed E-state index contributed by atoms with van der Waals surface area (Å²) < 4.78 is 13.4. The number of hydrogen-bond donors (Lipinski definition) is 1. The van der Waals surface area contributed by atoms with Gasteiger partial charge in [-0.05, 0) is 43.7 Å². The van der Waals surface area contributed by atoms with Crippen molar-refractivity contribution in [1.29, 1.82) is 0 Å². The maximum Gasteiger partial charge on any atom is 0.139 e. The molecule has 0 aliphatic carbocycles. The summed E-state index contributed by atoms with van der Waals surface area (Å²) in [5.74, 6) is 0.573. The highest BCUT2D eigenvalue weighted by Gasteiger charge is 2.29. The topological polar surface area (TPSA) is 37.8 Å². The third-order valence-electron chi connectivity index (χ3n) is 5.11. The first kappa shape index (κ1) is 16.9. The van der Waals surface area contributed by atoms with Gasteiger partial charge < -0.3 is 5.32 Å². The van der Waals surface area contributed by atoms with Crippen molar-refractivity contribution < 1.29 is 4.39 Å². The zero-order valence-corrected chi connectivity index (χ0v) is 15.1. The lowest BCUT2D eigenvalue weighted by Crippen LogP contribution is -2.29. The molecule has 3 nitrogen and oxygen atoms in total. The molecule has 4 rings (SSSR count). The minimum Gasteiger partial charge on any atom is -0.312 e. The molecule has 0 bridgehead atoms. The molecule has 0 saturated heterocycles. The maximum absolute atomic E-state index is 13.4. The van der Waals surface area contributed by atoms with E-state index in [1.165, 1.54) is 17.7 Å². The first-order chi connectivity index (χ1) is 12.6. The molecule has 0 unspecified atom stereocenters. The second-order valence-electron chi connectivity index (χ2n) is 7.25. The van der Waals surface area contributed by atoms with Crippen LogP contribution in [0.4, 0.5) is 4.39 Å². The van der Waals surface area contributed by atoms with E-state index in [1.807, 2.05) is 18.2 Å². The first-order valence-electron chi connectivity index (χ1n) is 8.98. The van der Waals surface area contributed by atoms with Crippen molar-refractivity contribution in [3.05, 3.63) is 83.1 Å². The van der Waals surface area contributed by atoms with Gasteiger partial charge in [0.15, 0.2) is 0 Å². The molecule has 4 heteroatoms. The van der Waals surface area contributed by atoms with Crippen molar-refractivity contribution in [3.8, 4) is 11.3 Å². The normalized spacial score (nSPS) is 14.1. The van der Waals surface area contributed by atoms with Gasteiger partial charge in [-0.1, -0.05) is 30.3 Å². The number of fused-ring (bicyclic) bond motifs is 1. The van der Waals surface area contributed by atoms with Crippen molar-refractivity contribution in [3.63, 3.8) is 0 Å². The molecule has 26 heavy (non-hydrogen) atoms. The summed E-state index contributed by atoms with van der Waals surface area (Å²) >= 11 is 0. The van der Waals surface area contributed by atoms with E-state index in [0.29, 0.717) is 0 Å². The quantitative estimate of drug-likeness (QED) is 0.769. The molecule has 132 valence electrons. The molecule has 0 saturated carbocycles. The largest absolute Gasteiger partial charge is 0.312 e. The Balaban J connectivity index is 1.89. The molecule has 0 amide bonds. The van der Waals surface area contributed by atoms with E-state index in [4.69, 9.17) is 9.97 Å². The molecular formula is C22H22FN3. The van der Waals surface area contributed by atoms with E-state index in [1.54, 1.807) is 12.1 Å². The van der Waals surface area contributed by atoms with Gasteiger partial charge in [0.2, 0.25) is 0 Å². The van der Waals surface area contributed by atoms with Gasteiger partial charge >= 0.3 is 0 Å². The molecule has 1 aliphatic rings. The van der Waals surface area contributed by atoms with Gasteiger partial charge in [-0.2, -0.15) is 0 Å². The number of rotatable bonds is 3. The highest BCUT2D eigenvalue weighted by molar-refractivity contribution is 5.64. The maximum atomic E-state index is 13.4. The van der Waals surface area contributed by atoms with E-state index >= 15 is 0 Å². The summed E-state index contributed by atoms with van der Waals surface area (Å²) in [5, 5.41) is 3.40. The number of hydrogen-bond acceptors (Lipinski definition) is 3. The molecule has 1 aromatic heterocycles. The molecule has 0 radical (unpaired) electrons. The number of aromatic nitrogens is 2. The minimum absolute atomic E-state index is 0.236. The fourth-order valence-electron chi connectivity index (χ4n) is 3.45. The van der Waals surface area contributed by atoms with Gasteiger partial charge in [0.25, 0.3) is 0 Å². The zero-order valence-electron chi connectivity index (χ0n) is 15.1. The van der Waals surface area contributed by atoms with Crippen LogP contribution in [0.25, 0.3) is 11.3 Å². The van der Waals surface area contributed by atoms with Crippen molar-refractivity contribution in [2.24, 2.45) is 0 Å². The van der Waals surface area contributed by atoms with Gasteiger partial charge in [0.05, 0.1) is 11.4 Å². The highest BCUT2D eigenvalue weighted by Crippen LogP contribution is 2.33. The molecule has 3 aromatic rings. The van der Waals surface area contributed by atoms with Crippen LogP contribution in [0.1, 0.15) is 36.5 Å². The van der Waals surface area contributed by atoms with E-state index < -0.39 is 0 Å². The zero-order chi connectivity index (χ0) is 18.1. The molecule has 1 N–H and O–H groups in total. The second-order valence-corrected chi connectivity index (χ2v) is 7.25. The van der Waals surface area contributed by atoms with Crippen LogP contribution >= 0.6 is 0 Å². The average molecular weight is 347 g/mol. The van der Waals surface area contributed by atoms with Crippen molar-refractivity contribution in [2.45, 2.75) is 32.2 Å². The van der Waals surface area contributed by atoms with E-state index in [2.05, 4.69) is 31.3 Å². The van der Waals surface area contributed by atoms with E-state index in [9.17, 15) is 4.39 Å². The Bertz CT molecular complexity index is 918. The first-order valence-corrected chi connectivity index (χ1v) is 8.98. The van der Waals surface area contributed by atoms with E-state index in [0.717, 1.165) is 47.8 Å². The number of halogens is 1. The van der Waals surface area contributed by atoms with Crippen LogP contribution in [0.5, 0.6) is 0 Å². The Morgan fingerprint density at radius 1 is 0.962 bits per heavy atom. The summed E-state index contributed by atoms with van der Waals surface area (Å²) in [5.41, 5.74) is 4.92. The van der Waals surface area contributed by atoms with Crippen molar-refractivity contribution in [1.82, 2.24) is 15.3 Å². The summed E-state index contributed by atoms with van der Waals surface area (Å²) in [4.78, 5) is 9.90. The van der Waals surface area contributed by atoms with Gasteiger partial charge in [0.1, 0.15) is 11.6 Å². The molecule has 0 fully saturated rings. The van der Waals surface area contributed by atoms with Crippen LogP contribution < -0.4 is 5.32 Å². The summed E-state index contributed by atoms with van der Waals surface area (Å²) in [6.07, 6.45) is 0.879. The van der Waals surface area contributed by atoms with Gasteiger partial charge in [0, 0.05) is 36.1 Å². The lowest BCUT2D eigenvalue weighted by atomic mass is 9.83. The third-order valence-corrected chi connectivity index (χ3v) is 5.11. The summed E-state index contributed by atoms with van der Waals surface area (Å²) in [6.45, 7) is 5.96. The van der Waals surface area contributed by atoms with Gasteiger partial charge in [-0.15, -0.1) is 0 Å². The number of nitrogens with one attached hydrogen (secondary N) is 1. The van der Waals surface area contributed by atoms with Gasteiger partial charge in [-0.3, -0.25) is 0 Å². The predicted molar refractivity (Wildman–Crippen MR) is 101 cm³/mol. The Labute approximate surface area is 153 Å². The van der Waals surface area contributed by atoms with Crippen LogP contribution in [0.3, 0.4) is 0 Å². The van der Waals surface area contributed by atoms with Crippen LogP contribution in [-0.4, -0.2) is 16.5 Å². The monoisotopic (exact) mass is 347 g/mol. The second kappa shape index (κ2) is 6.61. The summed E-state index contributed by atoms with van der Waals surface area (Å²) in [7, 11) is 0. The van der Waals surface area contributed by atoms with Crippen LogP contribution in [0, 0.1) is 5.82 Å². The summed E-state index contributed by atoms with van der Waals surface area (Å²) in [6, 6.07) is 16.9. The number of benzene rings is 2. The third kappa shape index (κ3) is 3.01. The predicted octanol–water partition coefficient (Wildman–Crippen LogP) is 4.25. The minimum atomic E-state index is -0.310.